The average molecular weight is 716 g/mol. The van der Waals surface area contributed by atoms with Crippen molar-refractivity contribution in [2.75, 3.05) is 64.0 Å². The minimum atomic E-state index is -3.48. The van der Waals surface area contributed by atoms with E-state index in [2.05, 4.69) is 24.5 Å². The van der Waals surface area contributed by atoms with E-state index in [1.165, 1.54) is 24.5 Å². The van der Waals surface area contributed by atoms with Gasteiger partial charge in [-0.25, -0.2) is 14.4 Å². The van der Waals surface area contributed by atoms with E-state index in [0.717, 1.165) is 71.2 Å². The summed E-state index contributed by atoms with van der Waals surface area (Å²) in [5, 5.41) is 0. The molecule has 6 heterocycles. The Morgan fingerprint density at radius 2 is 1.78 bits per heavy atom. The molecular weight excluding hydrogens is 665 g/mol. The lowest BCUT2D eigenvalue weighted by molar-refractivity contribution is -0.0301. The number of hydrogen-bond acceptors (Lipinski definition) is 10. The third kappa shape index (κ3) is 7.49. The summed E-state index contributed by atoms with van der Waals surface area (Å²) in [5.74, 6) is 0.532. The van der Waals surface area contributed by atoms with Gasteiger partial charge in [0.15, 0.2) is 11.6 Å². The number of nitrogens with one attached hydrogen (secondary N) is 1. The van der Waals surface area contributed by atoms with Gasteiger partial charge in [-0.15, -0.1) is 0 Å². The molecule has 7 rings (SSSR count). The predicted molar refractivity (Wildman–Crippen MR) is 185 cm³/mol. The second kappa shape index (κ2) is 14.6. The number of nitrogens with zero attached hydrogens (tertiary/aromatic N) is 6. The van der Waals surface area contributed by atoms with E-state index in [0.29, 0.717) is 37.9 Å². The number of hydrogen-bond donors (Lipinski definition) is 1. The number of ether oxygens (including phenoxy) is 3. The van der Waals surface area contributed by atoms with Crippen molar-refractivity contribution in [2.24, 2.45) is 5.41 Å². The van der Waals surface area contributed by atoms with Gasteiger partial charge in [0, 0.05) is 43.7 Å². The molecule has 1 aromatic carbocycles. The Kier molecular flexibility index (Phi) is 10.3. The van der Waals surface area contributed by atoms with Crippen LogP contribution in [0.15, 0.2) is 30.7 Å². The smallest absolute Gasteiger partial charge is 0.280 e. The normalized spacial score (nSPS) is 29.2. The van der Waals surface area contributed by atoms with Crippen LogP contribution < -0.4 is 14.4 Å². The first-order valence-electron chi connectivity index (χ1n) is 18.1. The van der Waals surface area contributed by atoms with Gasteiger partial charge in [0.2, 0.25) is 0 Å². The quantitative estimate of drug-likeness (QED) is 0.413. The molecule has 0 aliphatic carbocycles. The highest BCUT2D eigenvalue weighted by atomic mass is 32.2. The molecule has 5 aliphatic heterocycles. The first kappa shape index (κ1) is 35.5. The average Bonchev–Trinajstić information content (AvgIpc) is 3.53. The molecule has 1 aromatic heterocycles. The number of aromatic nitrogens is 2. The molecule has 2 aromatic rings. The van der Waals surface area contributed by atoms with Crippen LogP contribution in [0.3, 0.4) is 0 Å². The Morgan fingerprint density at radius 1 is 1.02 bits per heavy atom. The summed E-state index contributed by atoms with van der Waals surface area (Å²) in [4.78, 5) is 28.8. The number of anilines is 1. The number of morpholine rings is 1. The van der Waals surface area contributed by atoms with Gasteiger partial charge in [0.1, 0.15) is 17.9 Å². The topological polar surface area (TPSA) is 130 Å². The molecule has 50 heavy (non-hydrogen) atoms. The van der Waals surface area contributed by atoms with E-state index in [-0.39, 0.29) is 52.9 Å². The molecule has 0 bridgehead atoms. The highest BCUT2D eigenvalue weighted by molar-refractivity contribution is 7.87. The van der Waals surface area contributed by atoms with Crippen LogP contribution in [0.1, 0.15) is 69.7 Å². The van der Waals surface area contributed by atoms with Crippen molar-refractivity contribution in [3.8, 4) is 11.5 Å². The molecule has 15 heteroatoms. The van der Waals surface area contributed by atoms with Crippen molar-refractivity contribution < 1.29 is 31.8 Å². The Morgan fingerprint density at radius 3 is 2.46 bits per heavy atom. The molecular formula is C35H50FN7O6S. The highest BCUT2D eigenvalue weighted by Crippen LogP contribution is 2.45. The fraction of sp³-hybridized carbons (Fsp3) is 0.686. The van der Waals surface area contributed by atoms with Crippen LogP contribution in [0.2, 0.25) is 0 Å². The van der Waals surface area contributed by atoms with Gasteiger partial charge >= 0.3 is 0 Å². The molecule has 5 aliphatic rings. The summed E-state index contributed by atoms with van der Waals surface area (Å²) in [6.45, 7) is 12.1. The Balaban J connectivity index is 0.911. The van der Waals surface area contributed by atoms with Crippen molar-refractivity contribution in [1.29, 1.82) is 0 Å². The minimum absolute atomic E-state index is 0.0479. The van der Waals surface area contributed by atoms with E-state index < -0.39 is 16.0 Å². The fourth-order valence-electron chi connectivity index (χ4n) is 8.35. The maximum atomic E-state index is 14.5. The number of likely N-dealkylation sites (tertiary alicyclic amines) is 1. The highest BCUT2D eigenvalue weighted by Gasteiger charge is 2.46. The van der Waals surface area contributed by atoms with Gasteiger partial charge in [-0.05, 0) is 90.6 Å². The molecule has 274 valence electrons. The first-order valence-corrected chi connectivity index (χ1v) is 19.5. The molecule has 1 spiro atoms. The summed E-state index contributed by atoms with van der Waals surface area (Å²) in [6.07, 6.45) is 8.74. The molecule has 5 atom stereocenters. The van der Waals surface area contributed by atoms with Crippen LogP contribution >= 0.6 is 0 Å². The Hall–Kier alpha value is -2.95. The molecule has 0 radical (unpaired) electrons. The van der Waals surface area contributed by atoms with Crippen LogP contribution in [0, 0.1) is 11.2 Å². The van der Waals surface area contributed by atoms with Crippen LogP contribution in [-0.2, 0) is 19.7 Å². The fourth-order valence-corrected chi connectivity index (χ4v) is 10.0. The van der Waals surface area contributed by atoms with E-state index >= 15 is 0 Å². The molecule has 13 nitrogen and oxygen atoms in total. The van der Waals surface area contributed by atoms with Gasteiger partial charge in [-0.2, -0.15) is 17.4 Å². The number of carbonyl (C=O) groups is 1. The number of halogens is 1. The van der Waals surface area contributed by atoms with E-state index in [9.17, 15) is 17.6 Å². The largest absolute Gasteiger partial charge is 0.451 e. The van der Waals surface area contributed by atoms with Gasteiger partial charge in [-0.1, -0.05) is 0 Å². The van der Waals surface area contributed by atoms with Crippen LogP contribution in [0.5, 0.6) is 11.5 Å². The standard InChI is InChI=1S/C35H50FN7O6S/c1-24-5-4-12-42(24)50(45,46)39-28-7-8-29(48-20-28)17-40-13-10-35(11-14-40)21-41(22-35)33-32(16-37-23-38-33)49-31-9-6-27(36)15-30(31)34(44)43-25(2)18-47-19-26(43)3/h6,9,15-16,23-26,28-29,39H,4-5,7-8,10-14,17-22H2,1-3H3/t24-,25+,26+,28+,29-/m0/s1. The van der Waals surface area contributed by atoms with E-state index in [4.69, 9.17) is 14.2 Å². The first-order chi connectivity index (χ1) is 24.0. The summed E-state index contributed by atoms with van der Waals surface area (Å²) in [5.41, 5.74) is 0.338. The third-order valence-electron chi connectivity index (χ3n) is 11.2. The Labute approximate surface area is 294 Å². The van der Waals surface area contributed by atoms with Gasteiger partial charge in [0.05, 0.1) is 49.8 Å². The van der Waals surface area contributed by atoms with Gasteiger partial charge < -0.3 is 28.9 Å². The van der Waals surface area contributed by atoms with Crippen molar-refractivity contribution in [3.05, 3.63) is 42.1 Å². The summed E-state index contributed by atoms with van der Waals surface area (Å²) >= 11 is 0. The van der Waals surface area contributed by atoms with Crippen molar-refractivity contribution in [2.45, 2.75) is 89.6 Å². The zero-order valence-corrected chi connectivity index (χ0v) is 30.1. The molecule has 1 N–H and O–H groups in total. The lowest BCUT2D eigenvalue weighted by Gasteiger charge is -2.54. The number of rotatable bonds is 9. The second-order valence-corrected chi connectivity index (χ2v) is 16.7. The Bertz CT molecular complexity index is 1620. The second-order valence-electron chi connectivity index (χ2n) is 15.0. The van der Waals surface area contributed by atoms with Crippen molar-refractivity contribution in [1.82, 2.24) is 28.8 Å². The number of piperidine rings is 1. The van der Waals surface area contributed by atoms with Crippen molar-refractivity contribution in [3.63, 3.8) is 0 Å². The van der Waals surface area contributed by atoms with E-state index in [1.807, 2.05) is 20.8 Å². The SMILES string of the molecule is C[C@@H]1COC[C@@H](C)N1C(=O)c1cc(F)ccc1Oc1cncnc1N1CC2(CCN(C[C@@H]3CC[C@@H](NS(=O)(=O)N4CCC[C@@H]4C)CO3)CC2)C1. The number of carbonyl (C=O) groups excluding carboxylic acids is 1. The van der Waals surface area contributed by atoms with Crippen LogP contribution in [0.4, 0.5) is 10.2 Å². The number of amides is 1. The summed E-state index contributed by atoms with van der Waals surface area (Å²) in [7, 11) is -3.48. The third-order valence-corrected chi connectivity index (χ3v) is 13.0. The van der Waals surface area contributed by atoms with E-state index in [1.54, 1.807) is 15.4 Å². The zero-order chi connectivity index (χ0) is 35.0. The molecule has 5 saturated heterocycles. The van der Waals surface area contributed by atoms with Crippen molar-refractivity contribution >= 4 is 21.9 Å². The lowest BCUT2D eigenvalue weighted by atomic mass is 9.72. The maximum Gasteiger partial charge on any atom is 0.280 e. The number of benzene rings is 1. The summed E-state index contributed by atoms with van der Waals surface area (Å²) < 4.78 is 62.7. The zero-order valence-electron chi connectivity index (χ0n) is 29.3. The molecule has 5 fully saturated rings. The minimum Gasteiger partial charge on any atom is -0.451 e. The molecule has 0 unspecified atom stereocenters. The van der Waals surface area contributed by atoms with Gasteiger partial charge in [0.25, 0.3) is 16.1 Å². The van der Waals surface area contributed by atoms with Crippen LogP contribution in [-0.4, -0.2) is 128 Å². The molecule has 0 saturated carbocycles. The maximum absolute atomic E-state index is 14.5. The van der Waals surface area contributed by atoms with Gasteiger partial charge in [-0.3, -0.25) is 4.79 Å². The van der Waals surface area contributed by atoms with Crippen LogP contribution in [0.25, 0.3) is 0 Å². The molecule has 1 amide bonds. The summed E-state index contributed by atoms with van der Waals surface area (Å²) in [6, 6.07) is 3.58. The monoisotopic (exact) mass is 715 g/mol. The lowest BCUT2D eigenvalue weighted by Crippen LogP contribution is -2.61. The predicted octanol–water partition coefficient (Wildman–Crippen LogP) is 3.43.